The molecule has 1 heterocycles. The highest BCUT2D eigenvalue weighted by Crippen LogP contribution is 2.22. The number of thioether (sulfide) groups is 1. The molecule has 1 aromatic rings. The van der Waals surface area contributed by atoms with Crippen molar-refractivity contribution in [3.8, 4) is 5.75 Å². The third-order valence-electron chi connectivity index (χ3n) is 3.10. The molecule has 7 nitrogen and oxygen atoms in total. The van der Waals surface area contributed by atoms with E-state index in [0.717, 1.165) is 0 Å². The highest BCUT2D eigenvalue weighted by Gasteiger charge is 2.33. The molecule has 0 saturated carbocycles. The Morgan fingerprint density at radius 1 is 1.50 bits per heavy atom. The topological polar surface area (TPSA) is 105 Å². The maximum absolute atomic E-state index is 12.0. The molecular weight excluding hydrogens is 308 g/mol. The van der Waals surface area contributed by atoms with Gasteiger partial charge in [0.05, 0.1) is 12.4 Å². The van der Waals surface area contributed by atoms with Gasteiger partial charge in [0.25, 0.3) is 0 Å². The van der Waals surface area contributed by atoms with E-state index in [1.165, 1.54) is 18.9 Å². The van der Waals surface area contributed by atoms with Crippen LogP contribution >= 0.6 is 11.8 Å². The van der Waals surface area contributed by atoms with Crippen molar-refractivity contribution in [2.24, 2.45) is 0 Å². The molecule has 22 heavy (non-hydrogen) atoms. The molecule has 0 aliphatic carbocycles. The summed E-state index contributed by atoms with van der Waals surface area (Å²) in [4.78, 5) is 34.6. The second-order valence-corrected chi connectivity index (χ2v) is 5.94. The lowest BCUT2D eigenvalue weighted by molar-refractivity contribution is -0.141. The Morgan fingerprint density at radius 3 is 2.91 bits per heavy atom. The number of benzene rings is 1. The first-order chi connectivity index (χ1) is 10.5. The van der Waals surface area contributed by atoms with Crippen molar-refractivity contribution < 1.29 is 24.2 Å². The fourth-order valence-electron chi connectivity index (χ4n) is 1.96. The van der Waals surface area contributed by atoms with Crippen LogP contribution in [0.2, 0.25) is 0 Å². The van der Waals surface area contributed by atoms with Crippen LogP contribution in [0.4, 0.5) is 5.69 Å². The minimum atomic E-state index is -1.07. The molecule has 2 amide bonds. The number of anilines is 1. The van der Waals surface area contributed by atoms with Gasteiger partial charge < -0.3 is 20.5 Å². The van der Waals surface area contributed by atoms with Crippen molar-refractivity contribution in [3.63, 3.8) is 0 Å². The number of aliphatic carboxylic acids is 1. The summed E-state index contributed by atoms with van der Waals surface area (Å²) in [5.41, 5.74) is 0.578. The smallest absolute Gasteiger partial charge is 0.327 e. The molecule has 1 aromatic carbocycles. The maximum Gasteiger partial charge on any atom is 0.327 e. The summed E-state index contributed by atoms with van der Waals surface area (Å²) in [6, 6.07) is 6.00. The normalized spacial score (nSPS) is 20.9. The van der Waals surface area contributed by atoms with Crippen LogP contribution in [-0.2, 0) is 14.4 Å². The van der Waals surface area contributed by atoms with Gasteiger partial charge in [0.1, 0.15) is 11.8 Å². The van der Waals surface area contributed by atoms with Crippen molar-refractivity contribution >= 4 is 35.2 Å². The van der Waals surface area contributed by atoms with Crippen LogP contribution < -0.4 is 15.4 Å². The predicted octanol–water partition coefficient (Wildman–Crippen LogP) is 0.709. The van der Waals surface area contributed by atoms with Gasteiger partial charge in [0.15, 0.2) is 0 Å². The number of hydrogen-bond acceptors (Lipinski definition) is 5. The molecule has 0 aromatic heterocycles. The van der Waals surface area contributed by atoms with Crippen LogP contribution in [0.3, 0.4) is 0 Å². The molecule has 0 unspecified atom stereocenters. The van der Waals surface area contributed by atoms with Crippen molar-refractivity contribution in [2.75, 3.05) is 18.2 Å². The Hall–Kier alpha value is -2.22. The van der Waals surface area contributed by atoms with Gasteiger partial charge in [-0.3, -0.25) is 9.59 Å². The van der Waals surface area contributed by atoms with Gasteiger partial charge in [0, 0.05) is 23.9 Å². The van der Waals surface area contributed by atoms with Crippen LogP contribution in [0.25, 0.3) is 0 Å². The minimum absolute atomic E-state index is 0.0138. The van der Waals surface area contributed by atoms with E-state index in [0.29, 0.717) is 11.4 Å². The summed E-state index contributed by atoms with van der Waals surface area (Å²) in [7, 11) is 1.53. The van der Waals surface area contributed by atoms with E-state index in [2.05, 4.69) is 10.6 Å². The average Bonchev–Trinajstić information content (AvgIpc) is 2.49. The Morgan fingerprint density at radius 2 is 2.27 bits per heavy atom. The standard InChI is InChI=1S/C14H16N2O5S/c1-21-9-4-2-3-8(5-9)15-12(17)6-11-13(18)16-10(7-22-11)14(19)20/h2-5,10-11H,6-7H2,1H3,(H,15,17)(H,16,18)(H,19,20)/t10-,11+/m0/s1. The van der Waals surface area contributed by atoms with E-state index >= 15 is 0 Å². The zero-order valence-corrected chi connectivity index (χ0v) is 12.7. The van der Waals surface area contributed by atoms with E-state index in [-0.39, 0.29) is 18.1 Å². The third-order valence-corrected chi connectivity index (χ3v) is 4.40. The van der Waals surface area contributed by atoms with Gasteiger partial charge in [-0.25, -0.2) is 4.79 Å². The lowest BCUT2D eigenvalue weighted by Crippen LogP contribution is -2.51. The summed E-state index contributed by atoms with van der Waals surface area (Å²) in [6.45, 7) is 0. The van der Waals surface area contributed by atoms with E-state index in [9.17, 15) is 14.4 Å². The predicted molar refractivity (Wildman–Crippen MR) is 82.1 cm³/mol. The monoisotopic (exact) mass is 324 g/mol. The van der Waals surface area contributed by atoms with Gasteiger partial charge in [0.2, 0.25) is 11.8 Å². The zero-order chi connectivity index (χ0) is 16.1. The lowest BCUT2D eigenvalue weighted by atomic mass is 10.2. The van der Waals surface area contributed by atoms with E-state index in [1.54, 1.807) is 24.3 Å². The first-order valence-corrected chi connectivity index (χ1v) is 7.63. The number of carboxylic acids is 1. The molecule has 1 aliphatic rings. The fourth-order valence-corrected chi connectivity index (χ4v) is 3.10. The summed E-state index contributed by atoms with van der Waals surface area (Å²) in [6.07, 6.45) is -0.0138. The number of carboxylic acid groups (broad SMARTS) is 1. The van der Waals surface area contributed by atoms with Gasteiger partial charge in [-0.15, -0.1) is 11.8 Å². The SMILES string of the molecule is COc1cccc(NC(=O)C[C@H]2SC[C@@H](C(=O)O)NC2=O)c1. The minimum Gasteiger partial charge on any atom is -0.497 e. The number of carbonyl (C=O) groups is 3. The molecule has 3 N–H and O–H groups in total. The quantitative estimate of drug-likeness (QED) is 0.737. The number of hydrogen-bond donors (Lipinski definition) is 3. The van der Waals surface area contributed by atoms with Crippen LogP contribution in [0, 0.1) is 0 Å². The van der Waals surface area contributed by atoms with Gasteiger partial charge in [-0.1, -0.05) is 6.07 Å². The van der Waals surface area contributed by atoms with Crippen molar-refractivity contribution in [1.82, 2.24) is 5.32 Å². The molecule has 2 rings (SSSR count). The number of carbonyl (C=O) groups excluding carboxylic acids is 2. The van der Waals surface area contributed by atoms with Crippen LogP contribution in [0.1, 0.15) is 6.42 Å². The number of amides is 2. The molecule has 118 valence electrons. The van der Waals surface area contributed by atoms with Crippen LogP contribution in [0.5, 0.6) is 5.75 Å². The largest absolute Gasteiger partial charge is 0.497 e. The third kappa shape index (κ3) is 4.14. The van der Waals surface area contributed by atoms with Crippen LogP contribution in [-0.4, -0.2) is 47.0 Å². The molecule has 2 atom stereocenters. The Labute approximate surface area is 131 Å². The fraction of sp³-hybridized carbons (Fsp3) is 0.357. The molecule has 1 aliphatic heterocycles. The highest BCUT2D eigenvalue weighted by molar-refractivity contribution is 8.00. The average molecular weight is 324 g/mol. The second kappa shape index (κ2) is 7.17. The van der Waals surface area contributed by atoms with Gasteiger partial charge >= 0.3 is 5.97 Å². The molecule has 8 heteroatoms. The van der Waals surface area contributed by atoms with E-state index in [1.807, 2.05) is 0 Å². The van der Waals surface area contributed by atoms with Crippen LogP contribution in [0.15, 0.2) is 24.3 Å². The Balaban J connectivity index is 1.89. The first-order valence-electron chi connectivity index (χ1n) is 6.58. The molecule has 0 bridgehead atoms. The molecule has 0 radical (unpaired) electrons. The Bertz CT molecular complexity index is 592. The lowest BCUT2D eigenvalue weighted by Gasteiger charge is -2.25. The summed E-state index contributed by atoms with van der Waals surface area (Å²) < 4.78 is 5.06. The number of rotatable bonds is 5. The van der Waals surface area contributed by atoms with Crippen molar-refractivity contribution in [1.29, 1.82) is 0 Å². The molecule has 1 saturated heterocycles. The maximum atomic E-state index is 12.0. The summed E-state index contributed by atoms with van der Waals surface area (Å²) in [5, 5.41) is 13.4. The Kier molecular flexibility index (Phi) is 5.26. The first kappa shape index (κ1) is 16.2. The van der Waals surface area contributed by atoms with Crippen molar-refractivity contribution in [3.05, 3.63) is 24.3 Å². The van der Waals surface area contributed by atoms with Gasteiger partial charge in [-0.2, -0.15) is 0 Å². The van der Waals surface area contributed by atoms with E-state index in [4.69, 9.17) is 9.84 Å². The van der Waals surface area contributed by atoms with Gasteiger partial charge in [-0.05, 0) is 12.1 Å². The molecule has 1 fully saturated rings. The molecule has 0 spiro atoms. The number of ether oxygens (including phenoxy) is 1. The highest BCUT2D eigenvalue weighted by atomic mass is 32.2. The summed E-state index contributed by atoms with van der Waals surface area (Å²) >= 11 is 1.18. The van der Waals surface area contributed by atoms with Crippen molar-refractivity contribution in [2.45, 2.75) is 17.7 Å². The number of nitrogens with one attached hydrogen (secondary N) is 2. The summed E-state index contributed by atoms with van der Waals surface area (Å²) in [5.74, 6) is -0.941. The second-order valence-electron chi connectivity index (χ2n) is 4.71. The number of methoxy groups -OCH3 is 1. The zero-order valence-electron chi connectivity index (χ0n) is 11.9. The molecular formula is C14H16N2O5S. The van der Waals surface area contributed by atoms with E-state index < -0.39 is 23.2 Å².